The first-order chi connectivity index (χ1) is 26.6. The van der Waals surface area contributed by atoms with Crippen LogP contribution in [0.4, 0.5) is 22.0 Å². The summed E-state index contributed by atoms with van der Waals surface area (Å²) >= 11 is 0. The van der Waals surface area contributed by atoms with Gasteiger partial charge in [0.05, 0.1) is 18.9 Å². The van der Waals surface area contributed by atoms with E-state index in [-0.39, 0.29) is 79.9 Å². The first kappa shape index (κ1) is 69.0. The van der Waals surface area contributed by atoms with Gasteiger partial charge in [0.2, 0.25) is 0 Å². The van der Waals surface area contributed by atoms with Crippen molar-refractivity contribution in [1.29, 1.82) is 0 Å². The molecule has 0 aromatic rings. The summed E-state index contributed by atoms with van der Waals surface area (Å²) < 4.78 is 85.8. The van der Waals surface area contributed by atoms with Crippen molar-refractivity contribution >= 4 is 11.9 Å². The Bertz CT molecular complexity index is 1280. The molecule has 8 rings (SSSR count). The van der Waals surface area contributed by atoms with Gasteiger partial charge in [0.1, 0.15) is 11.7 Å². The lowest BCUT2D eigenvalue weighted by atomic mass is 9.73. The number of hydrogen-bond donors (Lipinski definition) is 1. The molecule has 8 fully saturated rings. The van der Waals surface area contributed by atoms with Gasteiger partial charge in [0.25, 0.3) is 0 Å². The van der Waals surface area contributed by atoms with E-state index in [1.807, 2.05) is 20.8 Å². The summed E-state index contributed by atoms with van der Waals surface area (Å²) in [6.45, 7) is 25.1. The zero-order valence-corrected chi connectivity index (χ0v) is 37.8. The fourth-order valence-corrected chi connectivity index (χ4v) is 10.4. The number of carbonyl (C=O) groups is 2. The van der Waals surface area contributed by atoms with E-state index >= 15 is 0 Å². The molecule has 8 aliphatic rings. The van der Waals surface area contributed by atoms with Crippen LogP contribution in [0, 0.1) is 70.5 Å². The fourth-order valence-electron chi connectivity index (χ4n) is 10.4. The highest BCUT2D eigenvalue weighted by Gasteiger charge is 2.77. The zero-order chi connectivity index (χ0) is 44.0. The van der Waals surface area contributed by atoms with Crippen LogP contribution in [-0.2, 0) is 28.5 Å². The summed E-state index contributed by atoms with van der Waals surface area (Å²) in [5.74, 6) is -3.41. The van der Waals surface area contributed by atoms with Gasteiger partial charge in [-0.05, 0) is 138 Å². The molecule has 0 aromatic heterocycles. The summed E-state index contributed by atoms with van der Waals surface area (Å²) in [7, 11) is 0. The Hall–Kier alpha value is -1.53. The van der Waals surface area contributed by atoms with Gasteiger partial charge in [-0.15, -0.1) is 0 Å². The van der Waals surface area contributed by atoms with Gasteiger partial charge in [0.15, 0.2) is 6.79 Å². The third-order valence-corrected chi connectivity index (χ3v) is 12.5. The van der Waals surface area contributed by atoms with Crippen molar-refractivity contribution in [2.45, 2.75) is 241 Å². The second-order valence-corrected chi connectivity index (χ2v) is 21.7. The third kappa shape index (κ3) is 18.5. The monoisotopic (exact) mass is 935 g/mol. The van der Waals surface area contributed by atoms with Gasteiger partial charge in [0, 0.05) is 5.41 Å². The molecule has 6 saturated carbocycles. The molecule has 2 heterocycles. The van der Waals surface area contributed by atoms with E-state index in [4.69, 9.17) is 14.2 Å². The van der Waals surface area contributed by atoms with E-state index in [0.29, 0.717) is 24.2 Å². The van der Waals surface area contributed by atoms with Crippen LogP contribution in [0.25, 0.3) is 0 Å². The van der Waals surface area contributed by atoms with Gasteiger partial charge < -0.3 is 24.1 Å². The number of rotatable bonds is 2. The maximum absolute atomic E-state index is 14.2. The smallest absolute Gasteiger partial charge is 0.449 e. The van der Waals surface area contributed by atoms with E-state index in [2.05, 4.69) is 67.1 Å². The molecule has 1 spiro atoms. The number of ether oxygens (including phenoxy) is 4. The van der Waals surface area contributed by atoms with Crippen molar-refractivity contribution in [3.8, 4) is 0 Å². The Labute approximate surface area is 391 Å². The summed E-state index contributed by atoms with van der Waals surface area (Å²) in [5, 5.41) is 9.36. The van der Waals surface area contributed by atoms with E-state index in [1.54, 1.807) is 0 Å². The van der Waals surface area contributed by atoms with Crippen molar-refractivity contribution in [2.75, 3.05) is 13.4 Å². The molecule has 6 bridgehead atoms. The molecule has 12 heteroatoms. The first-order valence-corrected chi connectivity index (χ1v) is 22.4. The molecule has 2 saturated heterocycles. The number of halogens is 5. The van der Waals surface area contributed by atoms with E-state index in [0.717, 1.165) is 67.8 Å². The Morgan fingerprint density at radius 2 is 1.17 bits per heavy atom. The first-order valence-electron chi connectivity index (χ1n) is 22.4. The van der Waals surface area contributed by atoms with E-state index in [1.165, 1.54) is 44.9 Å². The van der Waals surface area contributed by atoms with Crippen molar-refractivity contribution in [3.63, 3.8) is 0 Å². The number of carbonyl (C=O) groups excluding carboxylic acids is 2. The number of alkyl halides is 5. The number of hydrogen-bond acceptors (Lipinski definition) is 7. The zero-order valence-electron chi connectivity index (χ0n) is 37.8. The van der Waals surface area contributed by atoms with Crippen molar-refractivity contribution in [1.82, 2.24) is 0 Å². The van der Waals surface area contributed by atoms with Crippen molar-refractivity contribution in [2.24, 2.45) is 70.5 Å². The Balaban J connectivity index is -0.000000366. The van der Waals surface area contributed by atoms with Crippen molar-refractivity contribution < 1.29 is 55.6 Å². The number of aliphatic hydroxyl groups is 1. The molecular weight excluding hydrogens is 832 g/mol. The summed E-state index contributed by atoms with van der Waals surface area (Å²) in [4.78, 5) is 22.9. The molecule has 0 aromatic carbocycles. The standard InChI is InChI=1S/C12H15F5O3.C12H20O2.C10H14O2.3C4H10.6CH4/c13-10(14)9(8-4-6-1-2-7(8)3-6)19-5-20-11(10,18)12(15,16)17;1-12(2,3)14-11(13)10-7-8-4-5-9(10)6-8;11-9-5-10(6-12-9)4-7-1-2-8(10)3-7;3*1-4(2)3;;;;;;/h6-9,18H,1-5H2;8-10H,4-7H2,1-3H3;7-8H,1-6H2;3*4H,1-3H3;6*1H4. The predicted octanol–water partition coefficient (Wildman–Crippen LogP) is 16.0. The molecule has 7 nitrogen and oxygen atoms in total. The second kappa shape index (κ2) is 28.1. The van der Waals surface area contributed by atoms with Gasteiger partial charge >= 0.3 is 29.8 Å². The van der Waals surface area contributed by atoms with Crippen LogP contribution < -0.4 is 0 Å². The minimum Gasteiger partial charge on any atom is -0.465 e. The highest BCUT2D eigenvalue weighted by Crippen LogP contribution is 2.60. The topological polar surface area (TPSA) is 91.3 Å². The van der Waals surface area contributed by atoms with Crippen LogP contribution in [0.1, 0.15) is 211 Å². The highest BCUT2D eigenvalue weighted by atomic mass is 19.4. The van der Waals surface area contributed by atoms with Crippen LogP contribution >= 0.6 is 0 Å². The highest BCUT2D eigenvalue weighted by molar-refractivity contribution is 5.74. The molecule has 2 aliphatic heterocycles. The normalized spacial score (nSPS) is 34.0. The van der Waals surface area contributed by atoms with Crippen LogP contribution in [-0.4, -0.2) is 60.0 Å². The maximum Gasteiger partial charge on any atom is 0.449 e. The maximum atomic E-state index is 14.2. The second-order valence-electron chi connectivity index (χ2n) is 21.7. The summed E-state index contributed by atoms with van der Waals surface area (Å²) in [6.07, 6.45) is 6.37. The number of fused-ring (bicyclic) bond motifs is 7. The molecule has 11 unspecified atom stereocenters. The molecule has 1 N–H and O–H groups in total. The molecular formula is C52H103F5O7. The van der Waals surface area contributed by atoms with Gasteiger partial charge in [-0.2, -0.15) is 22.0 Å². The van der Waals surface area contributed by atoms with Gasteiger partial charge in [-0.3, -0.25) is 9.59 Å². The lowest BCUT2D eigenvalue weighted by Crippen LogP contribution is -2.70. The Morgan fingerprint density at radius 3 is 1.50 bits per heavy atom. The third-order valence-electron chi connectivity index (χ3n) is 12.5. The van der Waals surface area contributed by atoms with Crippen molar-refractivity contribution in [3.05, 3.63) is 0 Å². The number of cyclic esters (lactones) is 1. The molecule has 11 atom stereocenters. The van der Waals surface area contributed by atoms with Crippen LogP contribution in [0.15, 0.2) is 0 Å². The minimum absolute atomic E-state index is 0. The average molecular weight is 935 g/mol. The number of esters is 2. The Morgan fingerprint density at radius 1 is 0.703 bits per heavy atom. The van der Waals surface area contributed by atoms with E-state index < -0.39 is 36.7 Å². The molecule has 0 radical (unpaired) electrons. The predicted molar refractivity (Wildman–Crippen MR) is 256 cm³/mol. The fraction of sp³-hybridized carbons (Fsp3) is 0.962. The summed E-state index contributed by atoms with van der Waals surface area (Å²) in [6, 6.07) is 0. The average Bonchev–Trinajstić information content (AvgIpc) is 3.93. The lowest BCUT2D eigenvalue weighted by molar-refractivity contribution is -0.488. The largest absolute Gasteiger partial charge is 0.465 e. The Kier molecular flexibility index (Phi) is 30.3. The summed E-state index contributed by atoms with van der Waals surface area (Å²) in [5.41, 5.74) is -0.0150. The molecule has 64 heavy (non-hydrogen) atoms. The molecule has 388 valence electrons. The van der Waals surface area contributed by atoms with Crippen LogP contribution in [0.3, 0.4) is 0 Å². The minimum atomic E-state index is -5.57. The SMILES string of the molecule is C.C.C.C.C.C.CC(C)(C)OC(=O)C1CC2CCC1C2.CC(C)C.CC(C)C.CC(C)C.O=C1CC2(CO1)CC1CCC2C1.OC1(C(F)(F)F)OCOC(C2CC3CCC2C3)C1(F)F. The van der Waals surface area contributed by atoms with Gasteiger partial charge in [-0.25, -0.2) is 0 Å². The molecule has 0 amide bonds. The van der Waals surface area contributed by atoms with Crippen LogP contribution in [0.2, 0.25) is 0 Å². The van der Waals surface area contributed by atoms with E-state index in [9.17, 15) is 36.6 Å². The molecule has 6 aliphatic carbocycles. The van der Waals surface area contributed by atoms with Gasteiger partial charge in [-0.1, -0.05) is 126 Å². The quantitative estimate of drug-likeness (QED) is 0.218. The van der Waals surface area contributed by atoms with Crippen LogP contribution in [0.5, 0.6) is 0 Å². The lowest BCUT2D eigenvalue weighted by Gasteiger charge is -2.46.